The Bertz CT molecular complexity index is 181. The fourth-order valence-electron chi connectivity index (χ4n) is 0.802. The zero-order valence-electron chi connectivity index (χ0n) is 8.16. The van der Waals surface area contributed by atoms with Crippen LogP contribution in [0.15, 0.2) is 11.5 Å². The monoisotopic (exact) mass is 207 g/mol. The average Bonchev–Trinajstić information content (AvgIpc) is 2.14. The minimum Gasteiger partial charge on any atom is -0.399 e. The van der Waals surface area contributed by atoms with Crippen molar-refractivity contribution in [3.63, 3.8) is 0 Å². The van der Waals surface area contributed by atoms with Gasteiger partial charge in [-0.25, -0.2) is 0 Å². The van der Waals surface area contributed by atoms with Crippen molar-refractivity contribution in [1.29, 1.82) is 0 Å². The number of allylic oxidation sites excluding steroid dienone is 1. The van der Waals surface area contributed by atoms with Gasteiger partial charge in [-0.05, 0) is 0 Å². The molecule has 6 nitrogen and oxygen atoms in total. The van der Waals surface area contributed by atoms with Gasteiger partial charge in [0, 0.05) is 21.3 Å². The molecule has 0 atom stereocenters. The van der Waals surface area contributed by atoms with Crippen LogP contribution in [0.4, 0.5) is 0 Å². The lowest BCUT2D eigenvalue weighted by Crippen LogP contribution is -2.44. The number of nitrogens with two attached hydrogens (primary N) is 3. The van der Waals surface area contributed by atoms with Crippen LogP contribution in [0.5, 0.6) is 0 Å². The molecule has 0 saturated heterocycles. The maximum absolute atomic E-state index is 5.55. The summed E-state index contributed by atoms with van der Waals surface area (Å²) in [5, 5.41) is 0. The molecule has 0 aromatic carbocycles. The van der Waals surface area contributed by atoms with E-state index in [-0.39, 0.29) is 5.82 Å². The summed E-state index contributed by atoms with van der Waals surface area (Å²) in [6.45, 7) is 0. The second-order valence-corrected chi connectivity index (χ2v) is 5.40. The van der Waals surface area contributed by atoms with E-state index in [0.29, 0.717) is 11.7 Å². The van der Waals surface area contributed by atoms with Crippen LogP contribution < -0.4 is 17.2 Å². The molecule has 0 aromatic rings. The Balaban J connectivity index is 4.52. The van der Waals surface area contributed by atoms with E-state index < -0.39 is 8.80 Å². The van der Waals surface area contributed by atoms with E-state index in [1.807, 2.05) is 0 Å². The maximum Gasteiger partial charge on any atom is 0.506 e. The summed E-state index contributed by atoms with van der Waals surface area (Å²) >= 11 is 0. The molecule has 0 bridgehead atoms. The zero-order chi connectivity index (χ0) is 10.5. The van der Waals surface area contributed by atoms with Gasteiger partial charge in [0.25, 0.3) is 0 Å². The highest BCUT2D eigenvalue weighted by molar-refractivity contribution is 6.61. The summed E-state index contributed by atoms with van der Waals surface area (Å²) in [6.07, 6.45) is 0. The average molecular weight is 207 g/mol. The maximum atomic E-state index is 5.55. The molecule has 0 rings (SSSR count). The molecule has 0 aliphatic rings. The van der Waals surface area contributed by atoms with Crippen molar-refractivity contribution in [3.05, 3.63) is 11.5 Å². The van der Waals surface area contributed by atoms with Crippen LogP contribution in [0.2, 0.25) is 6.04 Å². The van der Waals surface area contributed by atoms with Crippen LogP contribution in [0.25, 0.3) is 0 Å². The fraction of sp³-hybridized carbons (Fsp3) is 0.667. The summed E-state index contributed by atoms with van der Waals surface area (Å²) in [7, 11) is 1.81. The highest BCUT2D eigenvalue weighted by Gasteiger charge is 2.38. The predicted molar refractivity (Wildman–Crippen MR) is 51.2 cm³/mol. The van der Waals surface area contributed by atoms with Gasteiger partial charge in [-0.1, -0.05) is 0 Å². The molecule has 0 radical (unpaired) electrons. The number of hydrogen-bond donors (Lipinski definition) is 3. The lowest BCUT2D eigenvalue weighted by molar-refractivity contribution is 0.126. The van der Waals surface area contributed by atoms with Gasteiger partial charge in [-0.3, -0.25) is 0 Å². The Labute approximate surface area is 79.0 Å². The van der Waals surface area contributed by atoms with Crippen LogP contribution in [0.3, 0.4) is 0 Å². The van der Waals surface area contributed by atoms with Gasteiger partial charge in [-0.2, -0.15) is 0 Å². The second-order valence-electron chi connectivity index (χ2n) is 2.45. The zero-order valence-corrected chi connectivity index (χ0v) is 9.16. The van der Waals surface area contributed by atoms with Crippen LogP contribution >= 0.6 is 0 Å². The van der Waals surface area contributed by atoms with Crippen molar-refractivity contribution in [1.82, 2.24) is 0 Å². The summed E-state index contributed by atoms with van der Waals surface area (Å²) < 4.78 is 15.4. The van der Waals surface area contributed by atoms with E-state index in [1.165, 1.54) is 21.3 Å². The lowest BCUT2D eigenvalue weighted by atomic mass is 10.5. The minimum atomic E-state index is -2.69. The lowest BCUT2D eigenvalue weighted by Gasteiger charge is -2.24. The Hall–Kier alpha value is -0.763. The molecular weight excluding hydrogens is 190 g/mol. The van der Waals surface area contributed by atoms with E-state index in [1.54, 1.807) is 0 Å². The standard InChI is InChI=1S/C6H17N3O3Si/c1-10-13(11-2,12-3)4-5(7)6(8)9/h4,7-9H2,1-3H3. The highest BCUT2D eigenvalue weighted by atomic mass is 28.4. The molecule has 0 fully saturated rings. The minimum absolute atomic E-state index is 0.0722. The van der Waals surface area contributed by atoms with Crippen LogP contribution in [-0.4, -0.2) is 30.1 Å². The van der Waals surface area contributed by atoms with Crippen molar-refractivity contribution in [2.45, 2.75) is 6.04 Å². The van der Waals surface area contributed by atoms with Gasteiger partial charge < -0.3 is 30.5 Å². The topological polar surface area (TPSA) is 106 Å². The first-order chi connectivity index (χ1) is 6.01. The van der Waals surface area contributed by atoms with Gasteiger partial charge in [0.05, 0.1) is 11.7 Å². The molecule has 0 aliphatic carbocycles. The molecule has 0 unspecified atom stereocenters. The van der Waals surface area contributed by atoms with E-state index in [0.717, 1.165) is 0 Å². The molecule has 7 heteroatoms. The van der Waals surface area contributed by atoms with Gasteiger partial charge in [0.1, 0.15) is 5.82 Å². The van der Waals surface area contributed by atoms with E-state index >= 15 is 0 Å². The normalized spacial score (nSPS) is 11.3. The molecule has 0 amide bonds. The predicted octanol–water partition coefficient (Wildman–Crippen LogP) is -1.09. The Morgan fingerprint density at radius 1 is 1.00 bits per heavy atom. The second kappa shape index (κ2) is 5.07. The largest absolute Gasteiger partial charge is 0.506 e. The molecule has 0 aromatic heterocycles. The number of hydrogen-bond acceptors (Lipinski definition) is 6. The third-order valence-corrected chi connectivity index (χ3v) is 4.39. The fourth-order valence-corrected chi connectivity index (χ4v) is 2.41. The smallest absolute Gasteiger partial charge is 0.399 e. The van der Waals surface area contributed by atoms with Crippen LogP contribution in [-0.2, 0) is 13.3 Å². The molecule has 0 heterocycles. The molecule has 78 valence electrons. The van der Waals surface area contributed by atoms with Gasteiger partial charge in [-0.15, -0.1) is 0 Å². The van der Waals surface area contributed by atoms with Gasteiger partial charge >= 0.3 is 8.80 Å². The molecule has 13 heavy (non-hydrogen) atoms. The van der Waals surface area contributed by atoms with Gasteiger partial charge in [0.15, 0.2) is 0 Å². The summed E-state index contributed by atoms with van der Waals surface area (Å²) in [5.41, 5.74) is 16.5. The molecular formula is C6H17N3O3Si. The summed E-state index contributed by atoms with van der Waals surface area (Å²) in [6, 6.07) is 0.291. The first kappa shape index (κ1) is 12.2. The Kier molecular flexibility index (Phi) is 4.77. The third-order valence-electron chi connectivity index (χ3n) is 1.71. The molecule has 0 spiro atoms. The molecule has 0 aliphatic heterocycles. The Morgan fingerprint density at radius 2 is 1.38 bits per heavy atom. The molecule has 0 saturated carbocycles. The van der Waals surface area contributed by atoms with E-state index in [9.17, 15) is 0 Å². The first-order valence-electron chi connectivity index (χ1n) is 3.66. The first-order valence-corrected chi connectivity index (χ1v) is 5.59. The van der Waals surface area contributed by atoms with Crippen molar-refractivity contribution in [2.75, 3.05) is 21.3 Å². The van der Waals surface area contributed by atoms with Crippen LogP contribution in [0.1, 0.15) is 0 Å². The number of rotatable bonds is 5. The molecule has 6 N–H and O–H groups in total. The quantitative estimate of drug-likeness (QED) is 0.495. The van der Waals surface area contributed by atoms with E-state index in [2.05, 4.69) is 0 Å². The van der Waals surface area contributed by atoms with Crippen molar-refractivity contribution in [3.8, 4) is 0 Å². The SMILES string of the molecule is CO[Si](CC(N)=C(N)N)(OC)OC. The van der Waals surface area contributed by atoms with Crippen molar-refractivity contribution in [2.24, 2.45) is 17.2 Å². The third kappa shape index (κ3) is 3.23. The Morgan fingerprint density at radius 3 is 1.62 bits per heavy atom. The summed E-state index contributed by atoms with van der Waals surface area (Å²) in [4.78, 5) is 0. The highest BCUT2D eigenvalue weighted by Crippen LogP contribution is 2.15. The van der Waals surface area contributed by atoms with Crippen molar-refractivity contribution < 1.29 is 13.3 Å². The van der Waals surface area contributed by atoms with Gasteiger partial charge in [0.2, 0.25) is 0 Å². The van der Waals surface area contributed by atoms with E-state index in [4.69, 9.17) is 30.5 Å². The van der Waals surface area contributed by atoms with Crippen molar-refractivity contribution >= 4 is 8.80 Å². The summed E-state index contributed by atoms with van der Waals surface area (Å²) in [5.74, 6) is 0.0722. The van der Waals surface area contributed by atoms with Crippen LogP contribution in [0, 0.1) is 0 Å².